The van der Waals surface area contributed by atoms with Crippen LogP contribution in [0.2, 0.25) is 0 Å². The number of carboxylic acid groups (broad SMARTS) is 1. The second-order valence-corrected chi connectivity index (χ2v) is 14.3. The van der Waals surface area contributed by atoms with Gasteiger partial charge in [-0.2, -0.15) is 0 Å². The Labute approximate surface area is 262 Å². The number of Topliss-reactive ketones (excluding diaryl/α,β-unsaturated/α-hetero) is 1. The number of nitrogens with zero attached hydrogens (tertiary/aromatic N) is 2. The van der Waals surface area contributed by atoms with Gasteiger partial charge in [-0.3, -0.25) is 29.2 Å². The summed E-state index contributed by atoms with van der Waals surface area (Å²) in [5, 5.41) is 13.0. The zero-order chi connectivity index (χ0) is 32.7. The number of hydrogen-bond donors (Lipinski definition) is 4. The van der Waals surface area contributed by atoms with E-state index in [4.69, 9.17) is 4.52 Å². The number of phosphoric ester groups is 1. The molecule has 1 aromatic carbocycles. The lowest BCUT2D eigenvalue weighted by Gasteiger charge is -2.61. The first kappa shape index (κ1) is 33.0. The van der Waals surface area contributed by atoms with Crippen LogP contribution in [0.1, 0.15) is 77.2 Å². The normalized spacial score (nSPS) is 30.0. The summed E-state index contributed by atoms with van der Waals surface area (Å²) in [6.07, 6.45) is 10.6. The van der Waals surface area contributed by atoms with Crippen molar-refractivity contribution in [1.29, 1.82) is 0 Å². The fourth-order valence-corrected chi connectivity index (χ4v) is 9.49. The van der Waals surface area contributed by atoms with E-state index in [-0.39, 0.29) is 23.5 Å². The molecule has 1 aliphatic heterocycles. The Hall–Kier alpha value is -3.34. The molecule has 4 N–H and O–H groups in total. The summed E-state index contributed by atoms with van der Waals surface area (Å²) in [6.45, 7) is 5.09. The standard InChI is InChI=1S/C32H42N3O9P/c1-4-25(37)32(11-6-12-33-32)27(29(38)35(5-2)31-16-20-13-21(17-31)15-22(14-20)18-31)26(28(30(39)40)34-19(3)36)23-7-9-24(10-8-23)44-45(41,42)43/h6-12,20-22,26-28H,4-5,13-18H2,1-3H3,(H,34,36)(H,39,40)(H2,41,42,43). The fourth-order valence-electron chi connectivity index (χ4n) is 9.10. The maximum Gasteiger partial charge on any atom is 0.524 e. The van der Waals surface area contributed by atoms with Crippen molar-refractivity contribution in [3.63, 3.8) is 0 Å². The molecule has 4 atom stereocenters. The van der Waals surface area contributed by atoms with Crippen LogP contribution in [-0.2, 0) is 23.7 Å². The highest BCUT2D eigenvalue weighted by molar-refractivity contribution is 7.46. The number of amides is 2. The second-order valence-electron chi connectivity index (χ2n) is 13.1. The fraction of sp³-hybridized carbons (Fsp3) is 0.594. The molecular weight excluding hydrogens is 601 g/mol. The summed E-state index contributed by atoms with van der Waals surface area (Å²) in [7, 11) is -4.89. The smallest absolute Gasteiger partial charge is 0.480 e. The van der Waals surface area contributed by atoms with E-state index >= 15 is 4.79 Å². The highest BCUT2D eigenvalue weighted by Gasteiger charge is 2.60. The Morgan fingerprint density at radius 2 is 1.62 bits per heavy atom. The van der Waals surface area contributed by atoms with Gasteiger partial charge in [-0.25, -0.2) is 9.36 Å². The number of benzene rings is 1. The van der Waals surface area contributed by atoms with Gasteiger partial charge in [0.2, 0.25) is 11.8 Å². The van der Waals surface area contributed by atoms with Gasteiger partial charge < -0.3 is 19.8 Å². The molecule has 5 aliphatic rings. The van der Waals surface area contributed by atoms with Gasteiger partial charge >= 0.3 is 13.8 Å². The van der Waals surface area contributed by atoms with E-state index < -0.39 is 54.6 Å². The zero-order valence-electron chi connectivity index (χ0n) is 25.8. The molecule has 6 rings (SSSR count). The molecule has 2 amide bonds. The Morgan fingerprint density at radius 3 is 2.04 bits per heavy atom. The lowest BCUT2D eigenvalue weighted by Crippen LogP contribution is -2.65. The predicted octanol–water partition coefficient (Wildman–Crippen LogP) is 3.62. The van der Waals surface area contributed by atoms with Crippen molar-refractivity contribution in [1.82, 2.24) is 10.2 Å². The van der Waals surface area contributed by atoms with Gasteiger partial charge in [0.25, 0.3) is 0 Å². The number of aliphatic carboxylic acids is 1. The molecule has 13 heteroatoms. The summed E-state index contributed by atoms with van der Waals surface area (Å²) in [4.78, 5) is 79.7. The number of aliphatic imine (C=N–C) groups is 1. The molecule has 0 radical (unpaired) electrons. The Morgan fingerprint density at radius 1 is 1.04 bits per heavy atom. The molecule has 4 saturated carbocycles. The topological polar surface area (TPSA) is 183 Å². The van der Waals surface area contributed by atoms with Crippen molar-refractivity contribution in [2.45, 2.75) is 88.8 Å². The SMILES string of the molecule is CCC(=O)C1(C(C(=O)N(CC)C23CC4CC(CC(C4)C2)C3)C(c2ccc(OP(=O)(O)O)cc2)C(NC(C)=O)C(=O)O)C=CC=N1. The number of carbonyl (C=O) groups is 4. The Bertz CT molecular complexity index is 1400. The van der Waals surface area contributed by atoms with Crippen LogP contribution < -0.4 is 9.84 Å². The van der Waals surface area contributed by atoms with Crippen LogP contribution in [0.15, 0.2) is 41.4 Å². The van der Waals surface area contributed by atoms with E-state index in [0.717, 1.165) is 38.5 Å². The lowest BCUT2D eigenvalue weighted by molar-refractivity contribution is -0.160. The molecule has 4 fully saturated rings. The van der Waals surface area contributed by atoms with E-state index in [9.17, 15) is 33.8 Å². The summed E-state index contributed by atoms with van der Waals surface area (Å²) in [5.74, 6) is -4.14. The van der Waals surface area contributed by atoms with E-state index in [2.05, 4.69) is 10.3 Å². The first-order chi connectivity index (χ1) is 21.2. The second kappa shape index (κ2) is 12.5. The van der Waals surface area contributed by atoms with Crippen molar-refractivity contribution in [2.24, 2.45) is 28.7 Å². The quantitative estimate of drug-likeness (QED) is 0.233. The maximum atomic E-state index is 15.3. The molecule has 4 bridgehead atoms. The van der Waals surface area contributed by atoms with Crippen LogP contribution in [0, 0.1) is 23.7 Å². The maximum absolute atomic E-state index is 15.3. The van der Waals surface area contributed by atoms with Gasteiger partial charge in [0, 0.05) is 37.6 Å². The predicted molar refractivity (Wildman–Crippen MR) is 165 cm³/mol. The molecule has 4 unspecified atom stereocenters. The third kappa shape index (κ3) is 6.37. The molecule has 0 spiro atoms. The summed E-state index contributed by atoms with van der Waals surface area (Å²) < 4.78 is 16.2. The number of ketones is 1. The third-order valence-corrected chi connectivity index (χ3v) is 10.7. The Kier molecular flexibility index (Phi) is 9.14. The minimum Gasteiger partial charge on any atom is -0.480 e. The summed E-state index contributed by atoms with van der Waals surface area (Å²) in [5.41, 5.74) is -1.90. The zero-order valence-corrected chi connectivity index (χ0v) is 26.7. The molecule has 1 heterocycles. The first-order valence-corrected chi connectivity index (χ1v) is 17.2. The number of allylic oxidation sites excluding steroid dienone is 1. The lowest BCUT2D eigenvalue weighted by atomic mass is 9.52. The number of carbonyl (C=O) groups excluding carboxylic acids is 3. The van der Waals surface area contributed by atoms with E-state index in [1.807, 2.05) is 11.8 Å². The van der Waals surface area contributed by atoms with Crippen molar-refractivity contribution >= 4 is 37.6 Å². The summed E-state index contributed by atoms with van der Waals surface area (Å²) in [6, 6.07) is 3.68. The van der Waals surface area contributed by atoms with Crippen LogP contribution in [0.4, 0.5) is 0 Å². The minimum absolute atomic E-state index is 0.0224. The Balaban J connectivity index is 1.70. The van der Waals surface area contributed by atoms with Gasteiger partial charge in [0.1, 0.15) is 17.3 Å². The minimum atomic E-state index is -4.89. The van der Waals surface area contributed by atoms with Crippen LogP contribution >= 0.6 is 7.82 Å². The van der Waals surface area contributed by atoms with Crippen molar-refractivity contribution < 1.29 is 43.2 Å². The molecule has 0 saturated heterocycles. The summed E-state index contributed by atoms with van der Waals surface area (Å²) >= 11 is 0. The largest absolute Gasteiger partial charge is 0.524 e. The molecular formula is C32H42N3O9P. The number of rotatable bonds is 13. The number of phosphoric acid groups is 1. The number of hydrogen-bond acceptors (Lipinski definition) is 7. The molecule has 1 aromatic rings. The molecule has 0 aromatic heterocycles. The van der Waals surface area contributed by atoms with Crippen LogP contribution in [0.25, 0.3) is 0 Å². The molecule has 12 nitrogen and oxygen atoms in total. The van der Waals surface area contributed by atoms with E-state index in [1.54, 1.807) is 19.1 Å². The molecule has 244 valence electrons. The van der Waals surface area contributed by atoms with Crippen LogP contribution in [-0.4, -0.2) is 73.2 Å². The highest BCUT2D eigenvalue weighted by Crippen LogP contribution is 2.58. The average molecular weight is 644 g/mol. The van der Waals surface area contributed by atoms with E-state index in [0.29, 0.717) is 24.3 Å². The average Bonchev–Trinajstić information content (AvgIpc) is 3.44. The number of nitrogens with one attached hydrogen (secondary N) is 1. The van der Waals surface area contributed by atoms with Gasteiger partial charge in [-0.15, -0.1) is 0 Å². The van der Waals surface area contributed by atoms with E-state index in [1.165, 1.54) is 37.4 Å². The van der Waals surface area contributed by atoms with Gasteiger partial charge in [0.05, 0.1) is 5.92 Å². The van der Waals surface area contributed by atoms with Gasteiger partial charge in [-0.05, 0) is 93.1 Å². The highest BCUT2D eigenvalue weighted by atomic mass is 31.2. The van der Waals surface area contributed by atoms with Crippen LogP contribution in [0.3, 0.4) is 0 Å². The monoisotopic (exact) mass is 643 g/mol. The van der Waals surface area contributed by atoms with Crippen molar-refractivity contribution in [3.05, 3.63) is 42.0 Å². The van der Waals surface area contributed by atoms with Crippen LogP contribution in [0.5, 0.6) is 5.75 Å². The first-order valence-electron chi connectivity index (χ1n) is 15.6. The molecule has 4 aliphatic carbocycles. The van der Waals surface area contributed by atoms with Crippen molar-refractivity contribution in [3.8, 4) is 5.75 Å². The van der Waals surface area contributed by atoms with Gasteiger partial charge in [0.15, 0.2) is 5.78 Å². The van der Waals surface area contributed by atoms with Gasteiger partial charge in [-0.1, -0.05) is 19.1 Å². The third-order valence-electron chi connectivity index (χ3n) is 10.2. The number of carboxylic acids is 1. The van der Waals surface area contributed by atoms with Crippen molar-refractivity contribution in [2.75, 3.05) is 6.54 Å². The molecule has 45 heavy (non-hydrogen) atoms.